The Hall–Kier alpha value is -1.81. The third kappa shape index (κ3) is 2.31. The largest absolute Gasteiger partial charge is 0.496 e. The molecule has 5 heteroatoms. The van der Waals surface area contributed by atoms with Crippen LogP contribution in [0.2, 0.25) is 5.02 Å². The van der Waals surface area contributed by atoms with Crippen molar-refractivity contribution in [1.29, 1.82) is 0 Å². The van der Waals surface area contributed by atoms with Crippen LogP contribution < -0.4 is 4.74 Å². The number of halogens is 1. The molecule has 0 unspecified atom stereocenters. The summed E-state index contributed by atoms with van der Waals surface area (Å²) in [5.41, 5.74) is 0.784. The number of aryl methyl sites for hydroxylation is 1. The Labute approximate surface area is 104 Å². The second-order valence-corrected chi connectivity index (χ2v) is 4.03. The van der Waals surface area contributed by atoms with Crippen molar-refractivity contribution in [3.05, 3.63) is 47.0 Å². The van der Waals surface area contributed by atoms with E-state index in [1.54, 1.807) is 42.3 Å². The Kier molecular flexibility index (Phi) is 3.15. The van der Waals surface area contributed by atoms with Crippen LogP contribution in [0.5, 0.6) is 5.75 Å². The fourth-order valence-electron chi connectivity index (χ4n) is 1.53. The summed E-state index contributed by atoms with van der Waals surface area (Å²) in [5.74, 6) is 0.287. The molecule has 1 aromatic heterocycles. The second-order valence-electron chi connectivity index (χ2n) is 3.60. The van der Waals surface area contributed by atoms with Gasteiger partial charge in [-0.15, -0.1) is 0 Å². The maximum Gasteiger partial charge on any atom is 0.216 e. The molecule has 88 valence electrons. The molecule has 0 atom stereocenters. The maximum absolute atomic E-state index is 12.2. The normalized spacial score (nSPS) is 10.3. The molecule has 0 bridgehead atoms. The van der Waals surface area contributed by atoms with Crippen molar-refractivity contribution in [3.63, 3.8) is 0 Å². The minimum absolute atomic E-state index is 0.204. The molecule has 0 radical (unpaired) electrons. The lowest BCUT2D eigenvalue weighted by atomic mass is 10.1. The van der Waals surface area contributed by atoms with Gasteiger partial charge in [0, 0.05) is 18.3 Å². The molecule has 2 aromatic rings. The number of nitrogens with zero attached hydrogens (tertiary/aromatic N) is 2. The highest BCUT2D eigenvalue weighted by Gasteiger charge is 2.16. The van der Waals surface area contributed by atoms with E-state index in [0.29, 0.717) is 22.0 Å². The summed E-state index contributed by atoms with van der Waals surface area (Å²) in [7, 11) is 3.32. The fraction of sp³-hybridized carbons (Fsp3) is 0.167. The van der Waals surface area contributed by atoms with Gasteiger partial charge in [0.25, 0.3) is 0 Å². The van der Waals surface area contributed by atoms with E-state index in [1.807, 2.05) is 0 Å². The number of hydrogen-bond acceptors (Lipinski definition) is 3. The minimum atomic E-state index is -0.204. The van der Waals surface area contributed by atoms with Gasteiger partial charge in [0.1, 0.15) is 11.4 Å². The van der Waals surface area contributed by atoms with Crippen molar-refractivity contribution in [3.8, 4) is 5.75 Å². The summed E-state index contributed by atoms with van der Waals surface area (Å²) in [4.78, 5) is 16.2. The first kappa shape index (κ1) is 11.7. The van der Waals surface area contributed by atoms with E-state index in [-0.39, 0.29) is 5.78 Å². The molecule has 4 nitrogen and oxygen atoms in total. The monoisotopic (exact) mass is 250 g/mol. The Bertz CT molecular complexity index is 563. The van der Waals surface area contributed by atoms with Crippen LogP contribution in [0.4, 0.5) is 0 Å². The van der Waals surface area contributed by atoms with Crippen LogP contribution in [0.1, 0.15) is 16.1 Å². The Morgan fingerprint density at radius 3 is 2.82 bits per heavy atom. The summed E-state index contributed by atoms with van der Waals surface area (Å²) >= 11 is 5.88. The summed E-state index contributed by atoms with van der Waals surface area (Å²) in [6.45, 7) is 0. The topological polar surface area (TPSA) is 44.1 Å². The molecule has 0 saturated heterocycles. The number of carbonyl (C=O) groups is 1. The Balaban J connectivity index is 2.46. The number of imidazole rings is 1. The average Bonchev–Trinajstić information content (AvgIpc) is 2.75. The van der Waals surface area contributed by atoms with E-state index in [9.17, 15) is 4.79 Å². The van der Waals surface area contributed by atoms with Gasteiger partial charge >= 0.3 is 0 Å². The number of rotatable bonds is 3. The quantitative estimate of drug-likeness (QED) is 0.786. The van der Waals surface area contributed by atoms with Gasteiger partial charge in [0.05, 0.1) is 19.0 Å². The van der Waals surface area contributed by atoms with Gasteiger partial charge in [-0.05, 0) is 18.2 Å². The number of ketones is 1. The van der Waals surface area contributed by atoms with Gasteiger partial charge in [0.15, 0.2) is 0 Å². The van der Waals surface area contributed by atoms with Crippen LogP contribution in [0, 0.1) is 0 Å². The molecule has 0 aliphatic carbocycles. The predicted octanol–water partition coefficient (Wildman–Crippen LogP) is 2.31. The average molecular weight is 251 g/mol. The molecule has 0 aliphatic heterocycles. The van der Waals surface area contributed by atoms with E-state index in [4.69, 9.17) is 16.3 Å². The van der Waals surface area contributed by atoms with Crippen molar-refractivity contribution < 1.29 is 9.53 Å². The molecule has 2 rings (SSSR count). The number of ether oxygens (including phenoxy) is 1. The van der Waals surface area contributed by atoms with Crippen LogP contribution in [-0.2, 0) is 7.05 Å². The minimum Gasteiger partial charge on any atom is -0.496 e. The number of hydrogen-bond donors (Lipinski definition) is 0. The molecule has 17 heavy (non-hydrogen) atoms. The molecule has 0 N–H and O–H groups in total. The third-order valence-corrected chi connectivity index (χ3v) is 2.58. The van der Waals surface area contributed by atoms with Crippen molar-refractivity contribution in [2.24, 2.45) is 7.05 Å². The maximum atomic E-state index is 12.2. The summed E-state index contributed by atoms with van der Waals surface area (Å²) in [5, 5.41) is 0.491. The van der Waals surface area contributed by atoms with Crippen LogP contribution in [0.15, 0.2) is 30.7 Å². The van der Waals surface area contributed by atoms with E-state index >= 15 is 0 Å². The SMILES string of the molecule is COc1ccc(Cl)cc1C(=O)c1cn(C)cn1. The first-order valence-electron chi connectivity index (χ1n) is 4.98. The smallest absolute Gasteiger partial charge is 0.216 e. The van der Waals surface area contributed by atoms with E-state index < -0.39 is 0 Å². The van der Waals surface area contributed by atoms with Gasteiger partial charge in [-0.1, -0.05) is 11.6 Å². The standard InChI is InChI=1S/C12H11ClN2O2/c1-15-6-10(14-7-15)12(16)9-5-8(13)3-4-11(9)17-2/h3-7H,1-2H3. The molecule has 1 aromatic carbocycles. The van der Waals surface area contributed by atoms with Crippen LogP contribution >= 0.6 is 11.6 Å². The van der Waals surface area contributed by atoms with Crippen LogP contribution in [0.3, 0.4) is 0 Å². The lowest BCUT2D eigenvalue weighted by Crippen LogP contribution is -2.04. The molecule has 0 amide bonds. The molecule has 0 aliphatic rings. The highest BCUT2D eigenvalue weighted by Crippen LogP contribution is 2.24. The molecular weight excluding hydrogens is 240 g/mol. The summed E-state index contributed by atoms with van der Waals surface area (Å²) < 4.78 is 6.85. The number of carbonyl (C=O) groups excluding carboxylic acids is 1. The van der Waals surface area contributed by atoms with Gasteiger partial charge < -0.3 is 9.30 Å². The van der Waals surface area contributed by atoms with E-state index in [0.717, 1.165) is 0 Å². The predicted molar refractivity (Wildman–Crippen MR) is 64.6 cm³/mol. The Morgan fingerprint density at radius 1 is 1.47 bits per heavy atom. The highest BCUT2D eigenvalue weighted by molar-refractivity contribution is 6.31. The zero-order chi connectivity index (χ0) is 12.4. The molecule has 0 saturated carbocycles. The molecular formula is C12H11ClN2O2. The lowest BCUT2D eigenvalue weighted by molar-refractivity contribution is 0.103. The van der Waals surface area contributed by atoms with Crippen molar-refractivity contribution >= 4 is 17.4 Å². The summed E-state index contributed by atoms with van der Waals surface area (Å²) in [6, 6.07) is 4.92. The van der Waals surface area contributed by atoms with Gasteiger partial charge in [-0.25, -0.2) is 4.98 Å². The first-order valence-corrected chi connectivity index (χ1v) is 5.36. The zero-order valence-corrected chi connectivity index (χ0v) is 10.2. The first-order chi connectivity index (χ1) is 8.11. The number of methoxy groups -OCH3 is 1. The zero-order valence-electron chi connectivity index (χ0n) is 9.48. The van der Waals surface area contributed by atoms with Gasteiger partial charge in [-0.2, -0.15) is 0 Å². The van der Waals surface area contributed by atoms with E-state index in [2.05, 4.69) is 4.98 Å². The van der Waals surface area contributed by atoms with E-state index in [1.165, 1.54) is 7.11 Å². The van der Waals surface area contributed by atoms with Crippen molar-refractivity contribution in [2.75, 3.05) is 7.11 Å². The van der Waals surface area contributed by atoms with Crippen molar-refractivity contribution in [2.45, 2.75) is 0 Å². The fourth-order valence-corrected chi connectivity index (χ4v) is 1.70. The highest BCUT2D eigenvalue weighted by atomic mass is 35.5. The second kappa shape index (κ2) is 4.59. The lowest BCUT2D eigenvalue weighted by Gasteiger charge is -2.06. The summed E-state index contributed by atoms with van der Waals surface area (Å²) in [6.07, 6.45) is 3.23. The number of aromatic nitrogens is 2. The van der Waals surface area contributed by atoms with Gasteiger partial charge in [-0.3, -0.25) is 4.79 Å². The van der Waals surface area contributed by atoms with Gasteiger partial charge in [0.2, 0.25) is 5.78 Å². The number of benzene rings is 1. The molecule has 0 spiro atoms. The molecule has 0 fully saturated rings. The molecule has 1 heterocycles. The van der Waals surface area contributed by atoms with Crippen LogP contribution in [0.25, 0.3) is 0 Å². The van der Waals surface area contributed by atoms with Crippen LogP contribution in [-0.4, -0.2) is 22.4 Å². The third-order valence-electron chi connectivity index (χ3n) is 2.34. The Morgan fingerprint density at radius 2 is 2.24 bits per heavy atom. The van der Waals surface area contributed by atoms with Crippen molar-refractivity contribution in [1.82, 2.24) is 9.55 Å².